The molecule has 0 radical (unpaired) electrons. The van der Waals surface area contributed by atoms with Crippen LogP contribution >= 0.6 is 11.6 Å². The number of benzene rings is 1. The summed E-state index contributed by atoms with van der Waals surface area (Å²) in [5, 5.41) is 12.2. The van der Waals surface area contributed by atoms with Crippen LogP contribution in [-0.2, 0) is 13.5 Å². The van der Waals surface area contributed by atoms with E-state index < -0.39 is 0 Å². The maximum Gasteiger partial charge on any atom is 0.163 e. The molecule has 0 aliphatic rings. The lowest BCUT2D eigenvalue weighted by atomic mass is 10.2. The fraction of sp³-hybridized carbons (Fsp3) is 0.333. The molecule has 4 nitrogen and oxygen atoms in total. The van der Waals surface area contributed by atoms with Crippen LogP contribution in [0.5, 0.6) is 0 Å². The molecule has 2 rings (SSSR count). The molecule has 1 heterocycles. The number of likely N-dealkylation sites (N-methyl/N-ethyl adjacent to an activating group) is 1. The van der Waals surface area contributed by atoms with E-state index in [9.17, 15) is 0 Å². The normalized spacial score (nSPS) is 10.8. The van der Waals surface area contributed by atoms with E-state index in [4.69, 9.17) is 11.6 Å². The Bertz CT molecular complexity index is 507. The van der Waals surface area contributed by atoms with Crippen LogP contribution in [0.15, 0.2) is 24.3 Å². The third kappa shape index (κ3) is 2.65. The molecule has 0 saturated heterocycles. The van der Waals surface area contributed by atoms with Gasteiger partial charge < -0.3 is 9.88 Å². The quantitative estimate of drug-likeness (QED) is 0.901. The van der Waals surface area contributed by atoms with Crippen LogP contribution < -0.4 is 5.32 Å². The third-order valence-corrected chi connectivity index (χ3v) is 2.88. The third-order valence-electron chi connectivity index (χ3n) is 2.65. The molecule has 1 N–H and O–H groups in total. The van der Waals surface area contributed by atoms with Crippen LogP contribution in [0.4, 0.5) is 0 Å². The predicted molar refractivity (Wildman–Crippen MR) is 69.1 cm³/mol. The lowest BCUT2D eigenvalue weighted by Crippen LogP contribution is -2.13. The average Bonchev–Trinajstić information content (AvgIpc) is 2.68. The molecule has 0 amide bonds. The summed E-state index contributed by atoms with van der Waals surface area (Å²) < 4.78 is 2.00. The number of nitrogens with one attached hydrogen (secondary N) is 1. The second-order valence-electron chi connectivity index (χ2n) is 3.86. The molecule has 90 valence electrons. The summed E-state index contributed by atoms with van der Waals surface area (Å²) in [4.78, 5) is 0. The first-order chi connectivity index (χ1) is 8.22. The van der Waals surface area contributed by atoms with Gasteiger partial charge in [0.15, 0.2) is 5.82 Å². The minimum absolute atomic E-state index is 0.710. The van der Waals surface area contributed by atoms with E-state index in [1.807, 2.05) is 42.9 Å². The largest absolute Gasteiger partial charge is 0.319 e. The molecule has 1 aromatic heterocycles. The topological polar surface area (TPSA) is 42.7 Å². The van der Waals surface area contributed by atoms with Crippen molar-refractivity contribution in [3.8, 4) is 11.4 Å². The fourth-order valence-corrected chi connectivity index (χ4v) is 1.89. The standard InChI is InChI=1S/C12H15ClN4/c1-14-7-6-11-15-16-12(17(11)2)9-4-3-5-10(13)8-9/h3-5,8,14H,6-7H2,1-2H3. The van der Waals surface area contributed by atoms with E-state index in [2.05, 4.69) is 15.5 Å². The SMILES string of the molecule is CNCCc1nnc(-c2cccc(Cl)c2)n1C. The second-order valence-corrected chi connectivity index (χ2v) is 4.30. The molecule has 2 aromatic rings. The molecular formula is C12H15ClN4. The van der Waals surface area contributed by atoms with Gasteiger partial charge in [-0.1, -0.05) is 23.7 Å². The molecular weight excluding hydrogens is 236 g/mol. The van der Waals surface area contributed by atoms with E-state index in [0.717, 1.165) is 30.2 Å². The van der Waals surface area contributed by atoms with Crippen LogP contribution in [-0.4, -0.2) is 28.4 Å². The zero-order valence-electron chi connectivity index (χ0n) is 9.94. The van der Waals surface area contributed by atoms with E-state index in [-0.39, 0.29) is 0 Å². The molecule has 0 saturated carbocycles. The monoisotopic (exact) mass is 250 g/mol. The maximum absolute atomic E-state index is 5.97. The van der Waals surface area contributed by atoms with Gasteiger partial charge in [-0.05, 0) is 19.2 Å². The van der Waals surface area contributed by atoms with Crippen LogP contribution in [0.3, 0.4) is 0 Å². The average molecular weight is 251 g/mol. The van der Waals surface area contributed by atoms with Crippen molar-refractivity contribution in [3.63, 3.8) is 0 Å². The first kappa shape index (κ1) is 12.1. The Kier molecular flexibility index (Phi) is 3.76. The maximum atomic E-state index is 5.97. The highest BCUT2D eigenvalue weighted by atomic mass is 35.5. The lowest BCUT2D eigenvalue weighted by molar-refractivity contribution is 0.718. The van der Waals surface area contributed by atoms with Crippen molar-refractivity contribution in [1.29, 1.82) is 0 Å². The summed E-state index contributed by atoms with van der Waals surface area (Å²) in [6.45, 7) is 0.890. The van der Waals surface area contributed by atoms with Crippen molar-refractivity contribution in [2.75, 3.05) is 13.6 Å². The summed E-state index contributed by atoms with van der Waals surface area (Å²) in [5.41, 5.74) is 0.989. The Morgan fingerprint density at radius 1 is 1.35 bits per heavy atom. The summed E-state index contributed by atoms with van der Waals surface area (Å²) in [7, 11) is 3.90. The van der Waals surface area contributed by atoms with Gasteiger partial charge in [-0.25, -0.2) is 0 Å². The van der Waals surface area contributed by atoms with Gasteiger partial charge in [0.05, 0.1) is 0 Å². The molecule has 17 heavy (non-hydrogen) atoms. The predicted octanol–water partition coefficient (Wildman–Crippen LogP) is 1.90. The van der Waals surface area contributed by atoms with Crippen LogP contribution in [0.2, 0.25) is 5.02 Å². The molecule has 0 fully saturated rings. The Balaban J connectivity index is 2.30. The first-order valence-corrected chi connectivity index (χ1v) is 5.89. The van der Waals surface area contributed by atoms with Crippen LogP contribution in [0.1, 0.15) is 5.82 Å². The van der Waals surface area contributed by atoms with Gasteiger partial charge in [-0.15, -0.1) is 10.2 Å². The number of nitrogens with zero attached hydrogens (tertiary/aromatic N) is 3. The number of hydrogen-bond donors (Lipinski definition) is 1. The van der Waals surface area contributed by atoms with Crippen molar-refractivity contribution < 1.29 is 0 Å². The fourth-order valence-electron chi connectivity index (χ4n) is 1.69. The van der Waals surface area contributed by atoms with Gasteiger partial charge in [0, 0.05) is 30.6 Å². The number of aromatic nitrogens is 3. The summed E-state index contributed by atoms with van der Waals surface area (Å²) in [5.74, 6) is 1.81. The number of hydrogen-bond acceptors (Lipinski definition) is 3. The van der Waals surface area contributed by atoms with Gasteiger partial charge in [0.25, 0.3) is 0 Å². The molecule has 0 bridgehead atoms. The first-order valence-electron chi connectivity index (χ1n) is 5.51. The Labute approximate surface area is 106 Å². The Hall–Kier alpha value is -1.39. The van der Waals surface area contributed by atoms with Gasteiger partial charge in [0.1, 0.15) is 5.82 Å². The number of rotatable bonds is 4. The second kappa shape index (κ2) is 5.29. The van der Waals surface area contributed by atoms with Gasteiger partial charge in [-0.2, -0.15) is 0 Å². The number of halogens is 1. The van der Waals surface area contributed by atoms with Crippen molar-refractivity contribution in [1.82, 2.24) is 20.1 Å². The molecule has 1 aromatic carbocycles. The summed E-state index contributed by atoms with van der Waals surface area (Å²) in [6, 6.07) is 7.65. The highest BCUT2D eigenvalue weighted by Gasteiger charge is 2.10. The van der Waals surface area contributed by atoms with E-state index in [1.54, 1.807) is 0 Å². The highest BCUT2D eigenvalue weighted by molar-refractivity contribution is 6.30. The van der Waals surface area contributed by atoms with Gasteiger partial charge in [0.2, 0.25) is 0 Å². The van der Waals surface area contributed by atoms with E-state index >= 15 is 0 Å². The Morgan fingerprint density at radius 3 is 2.88 bits per heavy atom. The molecule has 0 unspecified atom stereocenters. The Morgan fingerprint density at radius 2 is 2.18 bits per heavy atom. The van der Waals surface area contributed by atoms with Crippen molar-refractivity contribution >= 4 is 11.6 Å². The zero-order valence-corrected chi connectivity index (χ0v) is 10.7. The molecule has 0 atom stereocenters. The van der Waals surface area contributed by atoms with E-state index in [1.165, 1.54) is 0 Å². The molecule has 0 aliphatic carbocycles. The lowest BCUT2D eigenvalue weighted by Gasteiger charge is -2.04. The van der Waals surface area contributed by atoms with Gasteiger partial charge >= 0.3 is 0 Å². The van der Waals surface area contributed by atoms with Crippen LogP contribution in [0.25, 0.3) is 11.4 Å². The smallest absolute Gasteiger partial charge is 0.163 e. The minimum Gasteiger partial charge on any atom is -0.319 e. The van der Waals surface area contributed by atoms with Crippen molar-refractivity contribution in [3.05, 3.63) is 35.1 Å². The van der Waals surface area contributed by atoms with E-state index in [0.29, 0.717) is 5.02 Å². The summed E-state index contributed by atoms with van der Waals surface area (Å²) >= 11 is 5.97. The molecule has 5 heteroatoms. The zero-order chi connectivity index (χ0) is 12.3. The van der Waals surface area contributed by atoms with Gasteiger partial charge in [-0.3, -0.25) is 0 Å². The van der Waals surface area contributed by atoms with Crippen molar-refractivity contribution in [2.45, 2.75) is 6.42 Å². The van der Waals surface area contributed by atoms with Crippen LogP contribution in [0, 0.1) is 0 Å². The minimum atomic E-state index is 0.710. The van der Waals surface area contributed by atoms with Crippen molar-refractivity contribution in [2.24, 2.45) is 7.05 Å². The summed E-state index contributed by atoms with van der Waals surface area (Å²) in [6.07, 6.45) is 0.862. The molecule has 0 aliphatic heterocycles. The highest BCUT2D eigenvalue weighted by Crippen LogP contribution is 2.20. The molecule has 0 spiro atoms.